The van der Waals surface area contributed by atoms with Crippen molar-refractivity contribution in [2.75, 3.05) is 13.2 Å². The van der Waals surface area contributed by atoms with Crippen molar-refractivity contribution < 1.29 is 9.53 Å². The molecule has 1 N–H and O–H groups in total. The van der Waals surface area contributed by atoms with Crippen LogP contribution in [0.25, 0.3) is 0 Å². The van der Waals surface area contributed by atoms with Crippen LogP contribution < -0.4 is 5.32 Å². The Kier molecular flexibility index (Phi) is 4.41. The average molecular weight is 196 g/mol. The summed E-state index contributed by atoms with van der Waals surface area (Å²) >= 11 is 0. The van der Waals surface area contributed by atoms with Gasteiger partial charge >= 0.3 is 0 Å². The molecule has 0 atom stereocenters. The first-order valence-electron chi connectivity index (χ1n) is 5.01. The zero-order valence-electron chi connectivity index (χ0n) is 8.45. The Bertz CT molecular complexity index is 229. The summed E-state index contributed by atoms with van der Waals surface area (Å²) in [5.41, 5.74) is 0. The third kappa shape index (κ3) is 3.35. The van der Waals surface area contributed by atoms with Gasteiger partial charge in [0.25, 0.3) is 0 Å². The van der Waals surface area contributed by atoms with Gasteiger partial charge in [-0.25, -0.2) is 0 Å². The van der Waals surface area contributed by atoms with Crippen LogP contribution in [0.4, 0.5) is 0 Å². The maximum absolute atomic E-state index is 11.2. The van der Waals surface area contributed by atoms with E-state index in [9.17, 15) is 4.79 Å². The highest BCUT2D eigenvalue weighted by atomic mass is 16.5. The minimum absolute atomic E-state index is 0.0218. The lowest BCUT2D eigenvalue weighted by Crippen LogP contribution is -2.35. The van der Waals surface area contributed by atoms with Crippen LogP contribution in [-0.4, -0.2) is 25.2 Å². The van der Waals surface area contributed by atoms with Gasteiger partial charge in [0.15, 0.2) is 0 Å². The molecule has 0 aromatic heterocycles. The number of nitrogens with zero attached hydrogens (tertiary/aromatic N) is 1. The summed E-state index contributed by atoms with van der Waals surface area (Å²) in [6.07, 6.45) is 2.85. The number of ether oxygens (including phenoxy) is 1. The molecular formula is C10H16N2O2. The van der Waals surface area contributed by atoms with Crippen LogP contribution in [0.15, 0.2) is 0 Å². The Morgan fingerprint density at radius 1 is 1.64 bits per heavy atom. The van der Waals surface area contributed by atoms with Gasteiger partial charge in [0.2, 0.25) is 5.91 Å². The van der Waals surface area contributed by atoms with E-state index in [2.05, 4.69) is 5.32 Å². The molecule has 4 nitrogen and oxygen atoms in total. The van der Waals surface area contributed by atoms with Crippen molar-refractivity contribution in [2.45, 2.75) is 32.3 Å². The Morgan fingerprint density at radius 2 is 2.36 bits per heavy atom. The SMILES string of the molecule is CCOC1CC(CC(=O)NCC#N)C1. The maximum Gasteiger partial charge on any atom is 0.221 e. The van der Waals surface area contributed by atoms with Gasteiger partial charge in [0.1, 0.15) is 6.54 Å². The summed E-state index contributed by atoms with van der Waals surface area (Å²) in [6, 6.07) is 1.88. The first-order valence-corrected chi connectivity index (χ1v) is 5.01. The highest BCUT2D eigenvalue weighted by Crippen LogP contribution is 2.32. The molecule has 0 saturated heterocycles. The molecule has 0 aromatic carbocycles. The molecule has 1 aliphatic rings. The summed E-state index contributed by atoms with van der Waals surface area (Å²) in [5, 5.41) is 10.8. The normalized spacial score (nSPS) is 24.9. The minimum atomic E-state index is -0.0218. The second-order valence-electron chi connectivity index (χ2n) is 3.55. The van der Waals surface area contributed by atoms with Crippen molar-refractivity contribution in [1.29, 1.82) is 5.26 Å². The van der Waals surface area contributed by atoms with Gasteiger partial charge in [0, 0.05) is 13.0 Å². The number of hydrogen-bond donors (Lipinski definition) is 1. The van der Waals surface area contributed by atoms with Gasteiger partial charge in [-0.05, 0) is 25.7 Å². The number of hydrogen-bond acceptors (Lipinski definition) is 3. The summed E-state index contributed by atoms with van der Waals surface area (Å²) in [5.74, 6) is 0.428. The van der Waals surface area contributed by atoms with Gasteiger partial charge in [-0.1, -0.05) is 0 Å². The molecule has 1 saturated carbocycles. The Hall–Kier alpha value is -1.08. The van der Waals surface area contributed by atoms with Gasteiger partial charge in [-0.2, -0.15) is 5.26 Å². The number of rotatable bonds is 5. The van der Waals surface area contributed by atoms with Gasteiger partial charge < -0.3 is 10.1 Å². The molecule has 0 radical (unpaired) electrons. The second kappa shape index (κ2) is 5.61. The van der Waals surface area contributed by atoms with Crippen molar-refractivity contribution >= 4 is 5.91 Å². The van der Waals surface area contributed by atoms with Crippen molar-refractivity contribution in [2.24, 2.45) is 5.92 Å². The van der Waals surface area contributed by atoms with Crippen LogP contribution in [0.3, 0.4) is 0 Å². The first-order chi connectivity index (χ1) is 6.76. The Balaban J connectivity index is 2.05. The zero-order chi connectivity index (χ0) is 10.4. The van der Waals surface area contributed by atoms with E-state index >= 15 is 0 Å². The van der Waals surface area contributed by atoms with E-state index in [1.54, 1.807) is 0 Å². The predicted molar refractivity (Wildman–Crippen MR) is 51.4 cm³/mol. The van der Waals surface area contributed by atoms with Gasteiger partial charge in [0.05, 0.1) is 12.2 Å². The van der Waals surface area contributed by atoms with Crippen LogP contribution >= 0.6 is 0 Å². The molecular weight excluding hydrogens is 180 g/mol. The van der Waals surface area contributed by atoms with Crippen molar-refractivity contribution in [3.63, 3.8) is 0 Å². The smallest absolute Gasteiger partial charge is 0.221 e. The molecule has 1 amide bonds. The fraction of sp³-hybridized carbons (Fsp3) is 0.800. The van der Waals surface area contributed by atoms with E-state index in [0.717, 1.165) is 19.4 Å². The average Bonchev–Trinajstić information content (AvgIpc) is 2.11. The molecule has 4 heteroatoms. The molecule has 0 bridgehead atoms. The molecule has 14 heavy (non-hydrogen) atoms. The Labute approximate surface area is 84.2 Å². The summed E-state index contributed by atoms with van der Waals surface area (Å²) in [4.78, 5) is 11.2. The standard InChI is InChI=1S/C10H16N2O2/c1-2-14-9-5-8(6-9)7-10(13)12-4-3-11/h8-9H,2,4-7H2,1H3,(H,12,13). The molecule has 0 heterocycles. The number of amides is 1. The third-order valence-corrected chi connectivity index (χ3v) is 2.43. The largest absolute Gasteiger partial charge is 0.378 e. The van der Waals surface area contributed by atoms with Gasteiger partial charge in [-0.15, -0.1) is 0 Å². The lowest BCUT2D eigenvalue weighted by atomic mass is 9.80. The van der Waals surface area contributed by atoms with E-state index in [-0.39, 0.29) is 12.5 Å². The molecule has 0 aromatic rings. The Morgan fingerprint density at radius 3 is 2.93 bits per heavy atom. The highest BCUT2D eigenvalue weighted by Gasteiger charge is 2.30. The lowest BCUT2D eigenvalue weighted by Gasteiger charge is -2.34. The zero-order valence-corrected chi connectivity index (χ0v) is 8.45. The molecule has 78 valence electrons. The van der Waals surface area contributed by atoms with E-state index in [1.807, 2.05) is 13.0 Å². The summed E-state index contributed by atoms with van der Waals surface area (Å²) in [6.45, 7) is 2.84. The van der Waals surface area contributed by atoms with Crippen LogP contribution in [-0.2, 0) is 9.53 Å². The third-order valence-electron chi connectivity index (χ3n) is 2.43. The number of nitriles is 1. The number of carbonyl (C=O) groups is 1. The number of nitrogens with one attached hydrogen (secondary N) is 1. The molecule has 0 spiro atoms. The fourth-order valence-electron chi connectivity index (χ4n) is 1.69. The topological polar surface area (TPSA) is 62.1 Å². The predicted octanol–water partition coefficient (Wildman–Crippen LogP) is 0.831. The minimum Gasteiger partial charge on any atom is -0.378 e. The van der Waals surface area contributed by atoms with Crippen LogP contribution in [0, 0.1) is 17.2 Å². The van der Waals surface area contributed by atoms with E-state index in [4.69, 9.17) is 10.00 Å². The molecule has 1 aliphatic carbocycles. The van der Waals surface area contributed by atoms with E-state index < -0.39 is 0 Å². The van der Waals surface area contributed by atoms with Crippen molar-refractivity contribution in [1.82, 2.24) is 5.32 Å². The van der Waals surface area contributed by atoms with Crippen LogP contribution in [0.2, 0.25) is 0 Å². The molecule has 1 rings (SSSR count). The maximum atomic E-state index is 11.2. The van der Waals surface area contributed by atoms with Crippen molar-refractivity contribution in [3.8, 4) is 6.07 Å². The summed E-state index contributed by atoms with van der Waals surface area (Å²) < 4.78 is 5.39. The van der Waals surface area contributed by atoms with Gasteiger partial charge in [-0.3, -0.25) is 4.79 Å². The lowest BCUT2D eigenvalue weighted by molar-refractivity contribution is -0.124. The molecule has 1 fully saturated rings. The highest BCUT2D eigenvalue weighted by molar-refractivity contribution is 5.76. The fourth-order valence-corrected chi connectivity index (χ4v) is 1.69. The second-order valence-corrected chi connectivity index (χ2v) is 3.55. The molecule has 0 unspecified atom stereocenters. The summed E-state index contributed by atoms with van der Waals surface area (Å²) in [7, 11) is 0. The van der Waals surface area contributed by atoms with E-state index in [0.29, 0.717) is 18.4 Å². The van der Waals surface area contributed by atoms with Crippen LogP contribution in [0.5, 0.6) is 0 Å². The van der Waals surface area contributed by atoms with Crippen molar-refractivity contribution in [3.05, 3.63) is 0 Å². The van der Waals surface area contributed by atoms with Crippen LogP contribution in [0.1, 0.15) is 26.2 Å². The molecule has 0 aliphatic heterocycles. The quantitative estimate of drug-likeness (QED) is 0.662. The van der Waals surface area contributed by atoms with E-state index in [1.165, 1.54) is 0 Å². The first kappa shape index (κ1) is 11.0. The number of carbonyl (C=O) groups excluding carboxylic acids is 1. The monoisotopic (exact) mass is 196 g/mol.